The standard InChI is InChI=1S/C15H23BFNO2/c1-3-15(4-2)7-8-18(11-15)10-12-5-6-13(17)9-14(12)16(19)20/h5-6,9,19-20H,3-4,7-8,10-11H2,1-2H3. The summed E-state index contributed by atoms with van der Waals surface area (Å²) in [5.41, 5.74) is 1.46. The van der Waals surface area contributed by atoms with Crippen molar-refractivity contribution < 1.29 is 14.4 Å². The third-order valence-electron chi connectivity index (χ3n) is 4.80. The molecule has 110 valence electrons. The van der Waals surface area contributed by atoms with Crippen LogP contribution in [0.1, 0.15) is 38.7 Å². The van der Waals surface area contributed by atoms with Gasteiger partial charge in [0, 0.05) is 13.1 Å². The van der Waals surface area contributed by atoms with Crippen LogP contribution in [-0.4, -0.2) is 35.2 Å². The molecule has 0 spiro atoms. The van der Waals surface area contributed by atoms with E-state index in [4.69, 9.17) is 0 Å². The van der Waals surface area contributed by atoms with Crippen LogP contribution >= 0.6 is 0 Å². The highest BCUT2D eigenvalue weighted by molar-refractivity contribution is 6.59. The fourth-order valence-electron chi connectivity index (χ4n) is 3.18. The second-order valence-corrected chi connectivity index (χ2v) is 5.88. The maximum Gasteiger partial charge on any atom is 0.488 e. The molecule has 1 aliphatic heterocycles. The lowest BCUT2D eigenvalue weighted by atomic mass is 9.77. The molecule has 0 aromatic heterocycles. The fourth-order valence-corrected chi connectivity index (χ4v) is 3.18. The second-order valence-electron chi connectivity index (χ2n) is 5.88. The zero-order chi connectivity index (χ0) is 14.8. The Hall–Kier alpha value is -0.905. The number of halogens is 1. The predicted molar refractivity (Wildman–Crippen MR) is 79.1 cm³/mol. The number of nitrogens with zero attached hydrogens (tertiary/aromatic N) is 1. The van der Waals surface area contributed by atoms with Crippen molar-refractivity contribution in [2.45, 2.75) is 39.7 Å². The van der Waals surface area contributed by atoms with E-state index in [-0.39, 0.29) is 5.46 Å². The maximum atomic E-state index is 13.2. The fraction of sp³-hybridized carbons (Fsp3) is 0.600. The minimum Gasteiger partial charge on any atom is -0.423 e. The summed E-state index contributed by atoms with van der Waals surface area (Å²) in [7, 11) is -1.62. The van der Waals surface area contributed by atoms with Crippen LogP contribution < -0.4 is 5.46 Å². The van der Waals surface area contributed by atoms with Crippen molar-refractivity contribution in [3.05, 3.63) is 29.6 Å². The van der Waals surface area contributed by atoms with Crippen molar-refractivity contribution in [2.24, 2.45) is 5.41 Å². The van der Waals surface area contributed by atoms with Crippen LogP contribution in [-0.2, 0) is 6.54 Å². The van der Waals surface area contributed by atoms with E-state index in [1.54, 1.807) is 6.07 Å². The Morgan fingerprint density at radius 1 is 1.30 bits per heavy atom. The predicted octanol–water partition coefficient (Wildman–Crippen LogP) is 1.52. The molecule has 1 aromatic rings. The largest absolute Gasteiger partial charge is 0.488 e. The molecule has 0 saturated carbocycles. The van der Waals surface area contributed by atoms with E-state index < -0.39 is 12.9 Å². The lowest BCUT2D eigenvalue weighted by Gasteiger charge is -2.26. The van der Waals surface area contributed by atoms with Gasteiger partial charge in [-0.1, -0.05) is 19.9 Å². The average molecular weight is 279 g/mol. The van der Waals surface area contributed by atoms with Crippen molar-refractivity contribution in [2.75, 3.05) is 13.1 Å². The molecule has 5 heteroatoms. The molecule has 2 rings (SSSR count). The van der Waals surface area contributed by atoms with E-state index >= 15 is 0 Å². The molecule has 0 unspecified atom stereocenters. The van der Waals surface area contributed by atoms with Gasteiger partial charge in [-0.05, 0) is 54.4 Å². The van der Waals surface area contributed by atoms with Gasteiger partial charge in [-0.3, -0.25) is 4.90 Å². The second kappa shape index (κ2) is 6.25. The Labute approximate surface area is 120 Å². The number of hydrogen-bond acceptors (Lipinski definition) is 3. The van der Waals surface area contributed by atoms with Gasteiger partial charge in [-0.25, -0.2) is 4.39 Å². The van der Waals surface area contributed by atoms with Crippen molar-refractivity contribution in [1.82, 2.24) is 4.90 Å². The van der Waals surface area contributed by atoms with Gasteiger partial charge in [0.25, 0.3) is 0 Å². The molecule has 0 bridgehead atoms. The molecular weight excluding hydrogens is 256 g/mol. The van der Waals surface area contributed by atoms with E-state index in [0.29, 0.717) is 12.0 Å². The summed E-state index contributed by atoms with van der Waals surface area (Å²) in [6.45, 7) is 7.15. The Bertz CT molecular complexity index is 463. The zero-order valence-electron chi connectivity index (χ0n) is 12.3. The first-order valence-corrected chi connectivity index (χ1v) is 7.36. The maximum absolute atomic E-state index is 13.2. The van der Waals surface area contributed by atoms with Gasteiger partial charge in [-0.2, -0.15) is 0 Å². The van der Waals surface area contributed by atoms with Crippen LogP contribution in [0.2, 0.25) is 0 Å². The monoisotopic (exact) mass is 279 g/mol. The van der Waals surface area contributed by atoms with Gasteiger partial charge in [0.15, 0.2) is 0 Å². The Morgan fingerprint density at radius 3 is 2.55 bits per heavy atom. The summed E-state index contributed by atoms with van der Waals surface area (Å²) in [6, 6.07) is 4.25. The highest BCUT2D eigenvalue weighted by atomic mass is 19.1. The Kier molecular flexibility index (Phi) is 4.84. The van der Waals surface area contributed by atoms with Crippen LogP contribution in [0.3, 0.4) is 0 Å². The highest BCUT2D eigenvalue weighted by Crippen LogP contribution is 2.37. The lowest BCUT2D eigenvalue weighted by Crippen LogP contribution is -2.36. The molecule has 0 radical (unpaired) electrons. The highest BCUT2D eigenvalue weighted by Gasteiger charge is 2.35. The molecule has 1 aliphatic rings. The van der Waals surface area contributed by atoms with Gasteiger partial charge in [-0.15, -0.1) is 0 Å². The lowest BCUT2D eigenvalue weighted by molar-refractivity contribution is 0.236. The van der Waals surface area contributed by atoms with Gasteiger partial charge in [0.1, 0.15) is 5.82 Å². The van der Waals surface area contributed by atoms with E-state index in [2.05, 4.69) is 18.7 Å². The van der Waals surface area contributed by atoms with Crippen LogP contribution in [0, 0.1) is 11.2 Å². The van der Waals surface area contributed by atoms with Crippen LogP contribution in [0.5, 0.6) is 0 Å². The molecule has 0 aliphatic carbocycles. The number of benzene rings is 1. The van der Waals surface area contributed by atoms with Crippen LogP contribution in [0.4, 0.5) is 4.39 Å². The first kappa shape index (κ1) is 15.5. The smallest absolute Gasteiger partial charge is 0.423 e. The van der Waals surface area contributed by atoms with E-state index in [0.717, 1.165) is 18.7 Å². The van der Waals surface area contributed by atoms with Crippen molar-refractivity contribution >= 4 is 12.6 Å². The van der Waals surface area contributed by atoms with Crippen molar-refractivity contribution in [1.29, 1.82) is 0 Å². The van der Waals surface area contributed by atoms with Gasteiger partial charge in [0.05, 0.1) is 0 Å². The minimum atomic E-state index is -1.62. The molecule has 1 aromatic carbocycles. The summed E-state index contributed by atoms with van der Waals surface area (Å²) >= 11 is 0. The molecule has 1 fully saturated rings. The van der Waals surface area contributed by atoms with Gasteiger partial charge < -0.3 is 10.0 Å². The topological polar surface area (TPSA) is 43.7 Å². The molecule has 0 atom stereocenters. The normalized spacial score (nSPS) is 18.4. The molecule has 1 saturated heterocycles. The van der Waals surface area contributed by atoms with Crippen molar-refractivity contribution in [3.8, 4) is 0 Å². The molecule has 2 N–H and O–H groups in total. The molecule has 0 amide bonds. The number of likely N-dealkylation sites (tertiary alicyclic amines) is 1. The van der Waals surface area contributed by atoms with Crippen molar-refractivity contribution in [3.63, 3.8) is 0 Å². The Morgan fingerprint density at radius 2 is 2.00 bits per heavy atom. The van der Waals surface area contributed by atoms with E-state index in [1.165, 1.54) is 31.4 Å². The third kappa shape index (κ3) is 3.22. The summed E-state index contributed by atoms with van der Waals surface area (Å²) in [5, 5.41) is 18.7. The Balaban J connectivity index is 2.12. The van der Waals surface area contributed by atoms with Crippen LogP contribution in [0.25, 0.3) is 0 Å². The number of hydrogen-bond donors (Lipinski definition) is 2. The minimum absolute atomic E-state index is 0.274. The molecule has 3 nitrogen and oxygen atoms in total. The first-order valence-electron chi connectivity index (χ1n) is 7.36. The SMILES string of the molecule is CCC1(CC)CCN(Cc2ccc(F)cc2B(O)O)C1. The van der Waals surface area contributed by atoms with Crippen LogP contribution in [0.15, 0.2) is 18.2 Å². The first-order chi connectivity index (χ1) is 9.49. The zero-order valence-corrected chi connectivity index (χ0v) is 12.3. The molecular formula is C15H23BFNO2. The number of rotatable bonds is 5. The van der Waals surface area contributed by atoms with Gasteiger partial charge in [0.2, 0.25) is 0 Å². The summed E-state index contributed by atoms with van der Waals surface area (Å²) in [4.78, 5) is 2.33. The summed E-state index contributed by atoms with van der Waals surface area (Å²) < 4.78 is 13.2. The summed E-state index contributed by atoms with van der Waals surface area (Å²) in [5.74, 6) is -0.435. The molecule has 20 heavy (non-hydrogen) atoms. The third-order valence-corrected chi connectivity index (χ3v) is 4.80. The molecule has 1 heterocycles. The average Bonchev–Trinajstić information content (AvgIpc) is 2.84. The summed E-state index contributed by atoms with van der Waals surface area (Å²) in [6.07, 6.45) is 3.51. The van der Waals surface area contributed by atoms with E-state index in [9.17, 15) is 14.4 Å². The quantitative estimate of drug-likeness (QED) is 0.803. The van der Waals surface area contributed by atoms with E-state index in [1.807, 2.05) is 0 Å². The van der Waals surface area contributed by atoms with Gasteiger partial charge >= 0.3 is 7.12 Å².